The second-order valence-corrected chi connectivity index (χ2v) is 4.35. The van der Waals surface area contributed by atoms with Gasteiger partial charge < -0.3 is 5.32 Å². The maximum atomic E-state index is 12.6. The van der Waals surface area contributed by atoms with E-state index in [-0.39, 0.29) is 12.5 Å². The quantitative estimate of drug-likeness (QED) is 0.888. The lowest BCUT2D eigenvalue weighted by molar-refractivity contribution is -0.127. The van der Waals surface area contributed by atoms with E-state index in [2.05, 4.69) is 5.32 Å². The normalized spacial score (nSPS) is 19.7. The van der Waals surface area contributed by atoms with Crippen LogP contribution in [0.15, 0.2) is 24.3 Å². The van der Waals surface area contributed by atoms with E-state index < -0.39 is 12.5 Å². The fourth-order valence-electron chi connectivity index (χ4n) is 2.44. The van der Waals surface area contributed by atoms with Crippen molar-refractivity contribution in [3.05, 3.63) is 35.4 Å². The van der Waals surface area contributed by atoms with E-state index in [1.54, 1.807) is 4.90 Å². The Morgan fingerprint density at radius 2 is 2.22 bits per heavy atom. The summed E-state index contributed by atoms with van der Waals surface area (Å²) in [5.74, 6) is -0.234. The van der Waals surface area contributed by atoms with Crippen LogP contribution in [0, 0.1) is 0 Å². The predicted molar refractivity (Wildman–Crippen MR) is 64.5 cm³/mol. The molecule has 0 aromatic heterocycles. The lowest BCUT2D eigenvalue weighted by Gasteiger charge is -2.35. The maximum absolute atomic E-state index is 12.6. The molecule has 3 nitrogen and oxygen atoms in total. The molecule has 1 aromatic rings. The highest BCUT2D eigenvalue weighted by molar-refractivity contribution is 5.83. The molecule has 1 aliphatic rings. The van der Waals surface area contributed by atoms with Crippen LogP contribution in [0.2, 0.25) is 0 Å². The molecule has 5 heteroatoms. The van der Waals surface area contributed by atoms with Crippen molar-refractivity contribution in [2.45, 2.75) is 18.9 Å². The van der Waals surface area contributed by atoms with Gasteiger partial charge in [0.15, 0.2) is 0 Å². The minimum absolute atomic E-state index is 0.234. The lowest BCUT2D eigenvalue weighted by atomic mass is 9.92. The SMILES string of the molecule is CNC(=O)C1c2ccccc2CCN1CC(F)F. The second kappa shape index (κ2) is 5.44. The van der Waals surface area contributed by atoms with Crippen molar-refractivity contribution < 1.29 is 13.6 Å². The zero-order valence-electron chi connectivity index (χ0n) is 10.2. The molecule has 1 atom stereocenters. The van der Waals surface area contributed by atoms with Gasteiger partial charge in [0.25, 0.3) is 6.43 Å². The number of carbonyl (C=O) groups is 1. The molecule has 1 N–H and O–H groups in total. The molecule has 0 spiro atoms. The number of halogens is 2. The summed E-state index contributed by atoms with van der Waals surface area (Å²) in [6, 6.07) is 6.93. The van der Waals surface area contributed by atoms with Crippen LogP contribution in [-0.4, -0.2) is 37.4 Å². The van der Waals surface area contributed by atoms with Crippen molar-refractivity contribution in [2.75, 3.05) is 20.1 Å². The van der Waals surface area contributed by atoms with Crippen molar-refractivity contribution >= 4 is 5.91 Å². The van der Waals surface area contributed by atoms with E-state index >= 15 is 0 Å². The molecule has 1 aliphatic heterocycles. The highest BCUT2D eigenvalue weighted by Crippen LogP contribution is 2.30. The van der Waals surface area contributed by atoms with Crippen LogP contribution < -0.4 is 5.32 Å². The smallest absolute Gasteiger partial charge is 0.251 e. The Morgan fingerprint density at radius 1 is 1.50 bits per heavy atom. The largest absolute Gasteiger partial charge is 0.358 e. The van der Waals surface area contributed by atoms with Gasteiger partial charge in [-0.2, -0.15) is 0 Å². The lowest BCUT2D eigenvalue weighted by Crippen LogP contribution is -2.45. The van der Waals surface area contributed by atoms with Crippen LogP contribution in [0.3, 0.4) is 0 Å². The molecule has 0 saturated heterocycles. The van der Waals surface area contributed by atoms with E-state index in [1.807, 2.05) is 24.3 Å². The summed E-state index contributed by atoms with van der Waals surface area (Å²) in [6.07, 6.45) is -1.72. The third-order valence-corrected chi connectivity index (χ3v) is 3.25. The molecule has 1 aromatic carbocycles. The van der Waals surface area contributed by atoms with Crippen molar-refractivity contribution in [3.8, 4) is 0 Å². The number of hydrogen-bond donors (Lipinski definition) is 1. The summed E-state index contributed by atoms with van der Waals surface area (Å²) in [5, 5.41) is 2.55. The fraction of sp³-hybridized carbons (Fsp3) is 0.462. The third-order valence-electron chi connectivity index (χ3n) is 3.25. The van der Waals surface area contributed by atoms with E-state index in [9.17, 15) is 13.6 Å². The van der Waals surface area contributed by atoms with E-state index in [0.717, 1.165) is 11.1 Å². The van der Waals surface area contributed by atoms with Crippen LogP contribution in [0.5, 0.6) is 0 Å². The van der Waals surface area contributed by atoms with Crippen molar-refractivity contribution in [2.24, 2.45) is 0 Å². The highest BCUT2D eigenvalue weighted by atomic mass is 19.3. The number of fused-ring (bicyclic) bond motifs is 1. The number of rotatable bonds is 3. The van der Waals surface area contributed by atoms with Crippen LogP contribution in [-0.2, 0) is 11.2 Å². The molecular weight excluding hydrogens is 238 g/mol. The molecule has 1 heterocycles. The number of amides is 1. The van der Waals surface area contributed by atoms with Gasteiger partial charge in [-0.15, -0.1) is 0 Å². The third kappa shape index (κ3) is 2.51. The summed E-state index contributed by atoms with van der Waals surface area (Å²) < 4.78 is 25.1. The second-order valence-electron chi connectivity index (χ2n) is 4.35. The van der Waals surface area contributed by atoms with Crippen molar-refractivity contribution in [1.82, 2.24) is 10.2 Å². The number of nitrogens with one attached hydrogen (secondary N) is 1. The van der Waals surface area contributed by atoms with Crippen LogP contribution >= 0.6 is 0 Å². The molecule has 1 unspecified atom stereocenters. The Hall–Kier alpha value is -1.49. The van der Waals surface area contributed by atoms with Crippen molar-refractivity contribution in [1.29, 1.82) is 0 Å². The number of hydrogen-bond acceptors (Lipinski definition) is 2. The van der Waals surface area contributed by atoms with E-state index in [4.69, 9.17) is 0 Å². The zero-order valence-corrected chi connectivity index (χ0v) is 10.2. The molecule has 18 heavy (non-hydrogen) atoms. The van der Waals surface area contributed by atoms with Gasteiger partial charge in [-0.25, -0.2) is 8.78 Å². The van der Waals surface area contributed by atoms with Crippen LogP contribution in [0.4, 0.5) is 8.78 Å². The molecule has 0 radical (unpaired) electrons. The molecule has 0 saturated carbocycles. The fourth-order valence-corrected chi connectivity index (χ4v) is 2.44. The van der Waals surface area contributed by atoms with Crippen LogP contribution in [0.1, 0.15) is 17.2 Å². The molecule has 1 amide bonds. The first-order valence-corrected chi connectivity index (χ1v) is 5.95. The standard InChI is InChI=1S/C13H16F2N2O/c1-16-13(18)12-10-5-3-2-4-9(10)6-7-17(12)8-11(14)15/h2-5,11-12H,6-8H2,1H3,(H,16,18). The number of carbonyl (C=O) groups excluding carboxylic acids is 1. The van der Waals surface area contributed by atoms with Gasteiger partial charge >= 0.3 is 0 Å². The highest BCUT2D eigenvalue weighted by Gasteiger charge is 2.33. The van der Waals surface area contributed by atoms with Gasteiger partial charge in [0.1, 0.15) is 6.04 Å². The monoisotopic (exact) mass is 254 g/mol. The van der Waals surface area contributed by atoms with E-state index in [0.29, 0.717) is 13.0 Å². The topological polar surface area (TPSA) is 32.3 Å². The van der Waals surface area contributed by atoms with Gasteiger partial charge in [-0.1, -0.05) is 24.3 Å². The Bertz CT molecular complexity index is 437. The first-order valence-electron chi connectivity index (χ1n) is 5.95. The predicted octanol–water partition coefficient (Wildman–Crippen LogP) is 1.60. The minimum Gasteiger partial charge on any atom is -0.358 e. The zero-order chi connectivity index (χ0) is 13.1. The van der Waals surface area contributed by atoms with Gasteiger partial charge in [0, 0.05) is 13.6 Å². The molecule has 98 valence electrons. The minimum atomic E-state index is -2.43. The first kappa shape index (κ1) is 13.0. The molecule has 0 bridgehead atoms. The number of alkyl halides is 2. The summed E-state index contributed by atoms with van der Waals surface area (Å²) >= 11 is 0. The molecule has 2 rings (SSSR count). The summed E-state index contributed by atoms with van der Waals surface area (Å²) in [5.41, 5.74) is 1.90. The Labute approximate surface area is 105 Å². The van der Waals surface area contributed by atoms with Gasteiger partial charge in [-0.3, -0.25) is 9.69 Å². The van der Waals surface area contributed by atoms with Crippen LogP contribution in [0.25, 0.3) is 0 Å². The first-order chi connectivity index (χ1) is 8.63. The number of nitrogens with zero attached hydrogens (tertiary/aromatic N) is 1. The van der Waals surface area contributed by atoms with Gasteiger partial charge in [0.2, 0.25) is 5.91 Å². The Kier molecular flexibility index (Phi) is 3.91. The van der Waals surface area contributed by atoms with Gasteiger partial charge in [-0.05, 0) is 17.5 Å². The molecule has 0 fully saturated rings. The number of benzene rings is 1. The van der Waals surface area contributed by atoms with Gasteiger partial charge in [0.05, 0.1) is 6.54 Å². The maximum Gasteiger partial charge on any atom is 0.251 e. The summed E-state index contributed by atoms with van der Waals surface area (Å²) in [6.45, 7) is 0.117. The summed E-state index contributed by atoms with van der Waals surface area (Å²) in [4.78, 5) is 13.5. The Balaban J connectivity index is 2.33. The summed E-state index contributed by atoms with van der Waals surface area (Å²) in [7, 11) is 1.53. The average molecular weight is 254 g/mol. The molecule has 0 aliphatic carbocycles. The average Bonchev–Trinajstić information content (AvgIpc) is 2.37. The van der Waals surface area contributed by atoms with Crippen molar-refractivity contribution in [3.63, 3.8) is 0 Å². The Morgan fingerprint density at radius 3 is 2.89 bits per heavy atom. The van der Waals surface area contributed by atoms with E-state index in [1.165, 1.54) is 7.05 Å². The molecular formula is C13H16F2N2O. The number of likely N-dealkylation sites (N-methyl/N-ethyl adjacent to an activating group) is 1.